The van der Waals surface area contributed by atoms with E-state index in [2.05, 4.69) is 35.2 Å². The Morgan fingerprint density at radius 2 is 1.98 bits per heavy atom. The molecule has 1 saturated heterocycles. The van der Waals surface area contributed by atoms with Crippen LogP contribution in [0.1, 0.15) is 17.0 Å². The van der Waals surface area contributed by atoms with E-state index < -0.39 is 0 Å². The van der Waals surface area contributed by atoms with E-state index in [9.17, 15) is 0 Å². The van der Waals surface area contributed by atoms with Gasteiger partial charge < -0.3 is 15.4 Å². The van der Waals surface area contributed by atoms with Crippen molar-refractivity contribution >= 4 is 44.7 Å². The van der Waals surface area contributed by atoms with E-state index in [1.165, 1.54) is 21.7 Å². The number of nitrogens with zero attached hydrogens (tertiary/aromatic N) is 6. The molecule has 0 bridgehead atoms. The van der Waals surface area contributed by atoms with Crippen molar-refractivity contribution in [3.8, 4) is 16.2 Å². The van der Waals surface area contributed by atoms with E-state index in [0.717, 1.165) is 79.5 Å². The van der Waals surface area contributed by atoms with Crippen LogP contribution in [-0.4, -0.2) is 62.4 Å². The zero-order chi connectivity index (χ0) is 26.9. The van der Waals surface area contributed by atoms with Crippen LogP contribution in [0.15, 0.2) is 55.1 Å². The van der Waals surface area contributed by atoms with Gasteiger partial charge in [-0.3, -0.25) is 14.6 Å². The maximum absolute atomic E-state index is 6.58. The predicted molar refractivity (Wildman–Crippen MR) is 159 cm³/mol. The summed E-state index contributed by atoms with van der Waals surface area (Å²) in [5, 5.41) is 13.3. The highest BCUT2D eigenvalue weighted by Gasteiger charge is 2.27. The number of anilines is 2. The molecule has 0 atom stereocenters. The molecular formula is C29H29ClN8OS. The molecule has 1 aliphatic heterocycles. The summed E-state index contributed by atoms with van der Waals surface area (Å²) in [6, 6.07) is 11.4. The minimum Gasteiger partial charge on any atom is -0.486 e. The molecule has 0 amide bonds. The minimum absolute atomic E-state index is 0.356. The fourth-order valence-corrected chi connectivity index (χ4v) is 6.94. The molecule has 4 aromatic heterocycles. The third-order valence-electron chi connectivity index (χ3n) is 7.53. The number of thiophene rings is 1. The Kier molecular flexibility index (Phi) is 7.07. The van der Waals surface area contributed by atoms with Crippen LogP contribution < -0.4 is 15.4 Å². The molecule has 11 heteroatoms. The van der Waals surface area contributed by atoms with Crippen molar-refractivity contribution < 1.29 is 4.74 Å². The van der Waals surface area contributed by atoms with Crippen LogP contribution in [0.2, 0.25) is 5.02 Å². The van der Waals surface area contributed by atoms with Crippen molar-refractivity contribution in [3.63, 3.8) is 0 Å². The van der Waals surface area contributed by atoms with Gasteiger partial charge in [0.15, 0.2) is 0 Å². The standard InChI is InChI=1S/C29H29ClN8OS/c30-23-15-19(4-7-25(23)39-17-20-3-1-2-8-32-20)36-28-26-21-5-6-24-22(27(21)40-29(26)34-18-33-28)16-35-38(24)14-13-37-11-9-31-10-12-37/h1-4,7-8,15-16,18,31H,5-6,9-14,17H2,(H,33,34,36). The molecule has 9 nitrogen and oxygen atoms in total. The summed E-state index contributed by atoms with van der Waals surface area (Å²) in [7, 11) is 0. The van der Waals surface area contributed by atoms with Gasteiger partial charge >= 0.3 is 0 Å². The molecule has 2 N–H and O–H groups in total. The largest absolute Gasteiger partial charge is 0.486 e. The second-order valence-corrected chi connectivity index (χ2v) is 11.4. The van der Waals surface area contributed by atoms with Gasteiger partial charge in [-0.05, 0) is 48.7 Å². The molecular weight excluding hydrogens is 544 g/mol. The van der Waals surface area contributed by atoms with Crippen LogP contribution in [0.4, 0.5) is 11.5 Å². The first-order valence-electron chi connectivity index (χ1n) is 13.6. The van der Waals surface area contributed by atoms with Crippen LogP contribution in [0.5, 0.6) is 5.75 Å². The number of aryl methyl sites for hydroxylation is 1. The highest BCUT2D eigenvalue weighted by Crippen LogP contribution is 2.45. The molecule has 0 unspecified atom stereocenters. The number of halogens is 1. The number of pyridine rings is 1. The third kappa shape index (κ3) is 5.03. The monoisotopic (exact) mass is 572 g/mol. The van der Waals surface area contributed by atoms with Gasteiger partial charge in [-0.25, -0.2) is 9.97 Å². The lowest BCUT2D eigenvalue weighted by Gasteiger charge is -2.27. The number of ether oxygens (including phenoxy) is 1. The van der Waals surface area contributed by atoms with Crippen molar-refractivity contribution in [1.29, 1.82) is 0 Å². The van der Waals surface area contributed by atoms with Crippen molar-refractivity contribution in [2.75, 3.05) is 38.0 Å². The molecule has 1 fully saturated rings. The number of fused-ring (bicyclic) bond motifs is 5. The number of benzene rings is 1. The molecule has 1 aliphatic carbocycles. The van der Waals surface area contributed by atoms with E-state index in [4.69, 9.17) is 21.4 Å². The van der Waals surface area contributed by atoms with Crippen LogP contribution in [-0.2, 0) is 26.0 Å². The summed E-state index contributed by atoms with van der Waals surface area (Å²) in [5.41, 5.74) is 5.53. The Labute approximate surface area is 241 Å². The lowest BCUT2D eigenvalue weighted by atomic mass is 9.95. The zero-order valence-electron chi connectivity index (χ0n) is 21.9. The number of rotatable bonds is 8. The van der Waals surface area contributed by atoms with Crippen LogP contribution in [0.25, 0.3) is 20.7 Å². The van der Waals surface area contributed by atoms with E-state index in [1.807, 2.05) is 42.6 Å². The smallest absolute Gasteiger partial charge is 0.142 e. The molecule has 5 heterocycles. The maximum Gasteiger partial charge on any atom is 0.142 e. The second kappa shape index (κ2) is 11.1. The summed E-state index contributed by atoms with van der Waals surface area (Å²) in [4.78, 5) is 18.3. The van der Waals surface area contributed by atoms with Crippen molar-refractivity contribution in [2.24, 2.45) is 0 Å². The van der Waals surface area contributed by atoms with E-state index in [0.29, 0.717) is 17.4 Å². The van der Waals surface area contributed by atoms with Crippen molar-refractivity contribution in [3.05, 3.63) is 77.1 Å². The molecule has 2 aliphatic rings. The first-order chi connectivity index (χ1) is 19.7. The number of hydrogen-bond donors (Lipinski definition) is 2. The Hall–Kier alpha value is -3.57. The van der Waals surface area contributed by atoms with Gasteiger partial charge in [0.25, 0.3) is 0 Å². The first kappa shape index (κ1) is 25.4. The van der Waals surface area contributed by atoms with Gasteiger partial charge in [0, 0.05) is 60.7 Å². The summed E-state index contributed by atoms with van der Waals surface area (Å²) in [5.74, 6) is 1.40. The summed E-state index contributed by atoms with van der Waals surface area (Å²) < 4.78 is 8.09. The lowest BCUT2D eigenvalue weighted by Crippen LogP contribution is -2.44. The molecule has 7 rings (SSSR count). The average Bonchev–Trinajstić information content (AvgIpc) is 3.58. The number of hydrogen-bond acceptors (Lipinski definition) is 9. The van der Waals surface area contributed by atoms with Crippen molar-refractivity contribution in [1.82, 2.24) is 34.9 Å². The van der Waals surface area contributed by atoms with Gasteiger partial charge in [-0.2, -0.15) is 5.10 Å². The Morgan fingerprint density at radius 3 is 2.83 bits per heavy atom. The molecule has 204 valence electrons. The van der Waals surface area contributed by atoms with Crippen LogP contribution >= 0.6 is 22.9 Å². The fourth-order valence-electron chi connectivity index (χ4n) is 5.48. The molecule has 0 radical (unpaired) electrons. The number of piperazine rings is 1. The predicted octanol–water partition coefficient (Wildman–Crippen LogP) is 4.93. The molecule has 0 saturated carbocycles. The van der Waals surface area contributed by atoms with E-state index in [1.54, 1.807) is 23.9 Å². The quantitative estimate of drug-likeness (QED) is 0.270. The lowest BCUT2D eigenvalue weighted by molar-refractivity contribution is 0.228. The first-order valence-corrected chi connectivity index (χ1v) is 14.8. The Morgan fingerprint density at radius 1 is 1.05 bits per heavy atom. The average molecular weight is 573 g/mol. The van der Waals surface area contributed by atoms with Gasteiger partial charge in [0.2, 0.25) is 0 Å². The Bertz CT molecular complexity index is 1650. The van der Waals surface area contributed by atoms with Crippen LogP contribution in [0.3, 0.4) is 0 Å². The molecule has 5 aromatic rings. The summed E-state index contributed by atoms with van der Waals surface area (Å²) in [6.45, 7) is 6.64. The summed E-state index contributed by atoms with van der Waals surface area (Å²) >= 11 is 8.30. The van der Waals surface area contributed by atoms with Gasteiger partial charge in [-0.15, -0.1) is 11.3 Å². The zero-order valence-corrected chi connectivity index (χ0v) is 23.5. The fraction of sp³-hybridized carbons (Fsp3) is 0.310. The van der Waals surface area contributed by atoms with Gasteiger partial charge in [-0.1, -0.05) is 17.7 Å². The Balaban J connectivity index is 1.11. The summed E-state index contributed by atoms with van der Waals surface area (Å²) in [6.07, 6.45) is 7.30. The number of aromatic nitrogens is 5. The molecule has 40 heavy (non-hydrogen) atoms. The van der Waals surface area contributed by atoms with Gasteiger partial charge in [0.1, 0.15) is 29.3 Å². The van der Waals surface area contributed by atoms with Crippen molar-refractivity contribution in [2.45, 2.75) is 26.0 Å². The van der Waals surface area contributed by atoms with E-state index in [-0.39, 0.29) is 0 Å². The highest BCUT2D eigenvalue weighted by atomic mass is 35.5. The highest BCUT2D eigenvalue weighted by molar-refractivity contribution is 7.22. The normalized spacial score (nSPS) is 15.1. The third-order valence-corrected chi connectivity index (χ3v) is 8.99. The maximum atomic E-state index is 6.58. The minimum atomic E-state index is 0.356. The van der Waals surface area contributed by atoms with E-state index >= 15 is 0 Å². The second-order valence-electron chi connectivity index (χ2n) is 10.0. The topological polar surface area (TPSA) is 93.0 Å². The molecule has 0 spiro atoms. The number of nitrogens with one attached hydrogen (secondary N) is 2. The van der Waals surface area contributed by atoms with Gasteiger partial charge in [0.05, 0.1) is 28.8 Å². The van der Waals surface area contributed by atoms with Crippen LogP contribution in [0, 0.1) is 0 Å². The molecule has 1 aromatic carbocycles. The SMILES string of the molecule is Clc1cc(Nc2ncnc3sc4c(c23)CCc2c-4cnn2CCN2CCNCC2)ccc1OCc1ccccn1.